The highest BCUT2D eigenvalue weighted by molar-refractivity contribution is 8.80. The zero-order valence-corrected chi connectivity index (χ0v) is 62.1. The topological polar surface area (TPSA) is 92.0 Å². The number of carbonyl (C=O) groups excluding carboxylic acids is 2. The summed E-state index contributed by atoms with van der Waals surface area (Å²) in [4.78, 5) is 35.7. The molecule has 3 heterocycles. The Morgan fingerprint density at radius 2 is 1.09 bits per heavy atom. The number of piperazine rings is 1. The number of benzene rings is 1. The molecule has 1 aromatic carbocycles. The SMILES string of the molecule is COCC[C@H]1CN(C(c2ccc(Cl)cc2)c2ccccn2)CCN1C(=O)CC1CCN(C(N)=O)CC1.S=S=S=S=S=S=S=S=S=S=S=S=S=S=S=S=S=S=S=S=S=S=S=S=S=S=S=S=S=S=S=S=S. The molecule has 0 radical (unpaired) electrons. The van der Waals surface area contributed by atoms with Gasteiger partial charge in [-0.1, -0.05) is 29.8 Å². The highest BCUT2D eigenvalue weighted by Crippen LogP contribution is 2.32. The van der Waals surface area contributed by atoms with Crippen LogP contribution in [0, 0.1) is 5.92 Å². The summed E-state index contributed by atoms with van der Waals surface area (Å²) >= 11 is 15.8. The van der Waals surface area contributed by atoms with Gasteiger partial charge < -0.3 is 20.3 Å². The van der Waals surface area contributed by atoms with Crippen LogP contribution in [0.15, 0.2) is 48.7 Å². The van der Waals surface area contributed by atoms with Crippen molar-refractivity contribution < 1.29 is 14.3 Å². The second-order valence-corrected chi connectivity index (χ2v) is 67.1. The molecule has 2 saturated heterocycles. The Labute approximate surface area is 506 Å². The number of piperidine rings is 1. The molecular weight excluding hydrogens is 1540 g/mol. The van der Waals surface area contributed by atoms with E-state index in [1.165, 1.54) is 17.8 Å². The standard InChI is InChI=1S/C27H36ClN5O3.S33/c1-36-17-11-23-19-32(26(24-4-2-3-12-30-24)21-5-7-22(28)8-6-21)15-16-33(23)25(34)18-20-9-13-31(14-10-20)27(29)35;1-3-5-7-9-11-13-15-17-19-21-23-25-27-29-31-33-32-30-28-26-24-22-20-18-16-14-12-10-8-6-4-2/h2-8,12,20,23,26H,9-11,13-19H2,1H3,(H2,29,35);/t23-,26?;/m0./s1. The lowest BCUT2D eigenvalue weighted by atomic mass is 9.92. The minimum absolute atomic E-state index is 0.0242. The Morgan fingerprint density at radius 3 is 1.46 bits per heavy atom. The maximum Gasteiger partial charge on any atom is 0.314 e. The molecule has 3 amide bonds. The van der Waals surface area contributed by atoms with Gasteiger partial charge in [-0.2, -0.15) is 0 Å². The summed E-state index contributed by atoms with van der Waals surface area (Å²) in [6.07, 6.45) is 4.74. The second-order valence-electron chi connectivity index (χ2n) is 11.8. The van der Waals surface area contributed by atoms with E-state index in [-0.39, 0.29) is 29.9 Å². The number of ether oxygens (including phenoxy) is 1. The van der Waals surface area contributed by atoms with Crippen LogP contribution in [0.25, 0.3) is 0 Å². The average molecular weight is 1570 g/mol. The summed E-state index contributed by atoms with van der Waals surface area (Å²) in [7, 11) is 56.3. The van der Waals surface area contributed by atoms with Gasteiger partial charge in [0, 0.05) is 368 Å². The minimum Gasteiger partial charge on any atom is -0.385 e. The van der Waals surface area contributed by atoms with Crippen molar-refractivity contribution in [3.8, 4) is 0 Å². The van der Waals surface area contributed by atoms with Gasteiger partial charge in [-0.15, -0.1) is 0 Å². The van der Waals surface area contributed by atoms with Gasteiger partial charge in [0.05, 0.1) is 11.7 Å². The van der Waals surface area contributed by atoms with Crippen LogP contribution in [0.2, 0.25) is 5.02 Å². The second kappa shape index (κ2) is 47.4. The molecule has 2 aliphatic heterocycles. The van der Waals surface area contributed by atoms with Crippen molar-refractivity contribution in [1.29, 1.82) is 0 Å². The third-order valence-corrected chi connectivity index (χ3v) is 75.1. The lowest BCUT2D eigenvalue weighted by Gasteiger charge is -2.45. The van der Waals surface area contributed by atoms with Gasteiger partial charge in [0.25, 0.3) is 0 Å². The number of nitrogens with two attached hydrogens (primary N) is 1. The number of urea groups is 1. The van der Waals surface area contributed by atoms with Crippen LogP contribution < -0.4 is 5.73 Å². The van der Waals surface area contributed by atoms with Crippen LogP contribution in [0.5, 0.6) is 0 Å². The average Bonchev–Trinajstić information content (AvgIpc) is 3.36. The van der Waals surface area contributed by atoms with Crippen molar-refractivity contribution in [1.82, 2.24) is 19.7 Å². The van der Waals surface area contributed by atoms with Crippen LogP contribution in [0.4, 0.5) is 4.79 Å². The van der Waals surface area contributed by atoms with E-state index in [9.17, 15) is 9.59 Å². The molecule has 2 atom stereocenters. The van der Waals surface area contributed by atoms with E-state index in [1.54, 1.807) is 119 Å². The highest BCUT2D eigenvalue weighted by atomic mass is 35.5. The van der Waals surface area contributed by atoms with Gasteiger partial charge in [-0.05, 0) is 55.0 Å². The summed E-state index contributed by atoms with van der Waals surface area (Å²) in [6, 6.07) is 13.6. The summed E-state index contributed by atoms with van der Waals surface area (Å²) in [5, 5.41) is 0.702. The van der Waals surface area contributed by atoms with Crippen LogP contribution in [0.1, 0.15) is 43.0 Å². The van der Waals surface area contributed by atoms with E-state index in [1.807, 2.05) is 186 Å². The fourth-order valence-electron chi connectivity index (χ4n) is 5.75. The number of nitrogens with zero attached hydrogens (tertiary/aromatic N) is 4. The Balaban J connectivity index is 0.000000368. The third kappa shape index (κ3) is 33.7. The third-order valence-electron chi connectivity index (χ3n) is 8.23. The van der Waals surface area contributed by atoms with Gasteiger partial charge in [-0.25, -0.2) is 4.79 Å². The van der Waals surface area contributed by atoms with Gasteiger partial charge in [-0.3, -0.25) is 14.7 Å². The summed E-state index contributed by atoms with van der Waals surface area (Å²) < 4.78 is 5.40. The monoisotopic (exact) mass is 1570 g/mol. The molecule has 1 aromatic heterocycles. The maximum absolute atomic E-state index is 13.4. The molecule has 0 saturated carbocycles. The van der Waals surface area contributed by atoms with Crippen LogP contribution in [0.3, 0.4) is 0 Å². The molecule has 0 bridgehead atoms. The van der Waals surface area contributed by atoms with Crippen molar-refractivity contribution >= 4 is 321 Å². The number of hydrogen-bond donors (Lipinski definition) is 1. The van der Waals surface area contributed by atoms with Crippen molar-refractivity contribution in [2.45, 2.75) is 37.8 Å². The summed E-state index contributed by atoms with van der Waals surface area (Å²) in [5.41, 5.74) is 7.52. The number of pyridine rings is 1. The van der Waals surface area contributed by atoms with E-state index in [4.69, 9.17) is 44.4 Å². The fraction of sp³-hybridized carbons (Fsp3) is 0.519. The van der Waals surface area contributed by atoms with Crippen LogP contribution in [-0.4, -0.2) is 84.1 Å². The molecule has 2 fully saturated rings. The number of amides is 3. The number of methoxy groups -OCH3 is 1. The van der Waals surface area contributed by atoms with Gasteiger partial charge in [0.15, 0.2) is 0 Å². The Bertz CT molecular complexity index is 3380. The first-order chi connectivity index (χ1) is 33.9. The number of hydrogen-bond acceptors (Lipinski definition) is 7. The first kappa shape index (κ1) is 67.9. The molecule has 4 rings (SSSR count). The van der Waals surface area contributed by atoms with E-state index < -0.39 is 0 Å². The number of carbonyl (C=O) groups is 2. The molecule has 0 aliphatic carbocycles. The highest BCUT2D eigenvalue weighted by Gasteiger charge is 2.36. The van der Waals surface area contributed by atoms with Crippen LogP contribution >= 0.6 is 11.6 Å². The van der Waals surface area contributed by atoms with E-state index in [0.29, 0.717) is 37.7 Å². The normalized spacial score (nSPS) is 14.3. The summed E-state index contributed by atoms with van der Waals surface area (Å²) in [5.74, 6) is 0.471. The van der Waals surface area contributed by atoms with Crippen LogP contribution in [-0.2, 0) is 307 Å². The molecule has 2 aliphatic rings. The first-order valence-corrected chi connectivity index (χ1v) is 61.1. The van der Waals surface area contributed by atoms with Crippen molar-refractivity contribution in [3.05, 3.63) is 64.9 Å². The smallest absolute Gasteiger partial charge is 0.314 e. The predicted molar refractivity (Wildman–Crippen MR) is 383 cm³/mol. The lowest BCUT2D eigenvalue weighted by Crippen LogP contribution is -2.56. The molecule has 8 nitrogen and oxygen atoms in total. The van der Waals surface area contributed by atoms with Gasteiger partial charge >= 0.3 is 6.03 Å². The number of primary amides is 1. The molecule has 2 N–H and O–H groups in total. The fourth-order valence-corrected chi connectivity index (χ4v) is 85.5. The van der Waals surface area contributed by atoms with Crippen molar-refractivity contribution in [2.75, 3.05) is 46.4 Å². The predicted octanol–water partition coefficient (Wildman–Crippen LogP) is 3.48. The quantitative estimate of drug-likeness (QED) is 0.434. The number of halogens is 1. The Kier molecular flexibility index (Phi) is 46.6. The maximum atomic E-state index is 13.4. The van der Waals surface area contributed by atoms with Gasteiger partial charge in [0.2, 0.25) is 5.91 Å². The van der Waals surface area contributed by atoms with E-state index >= 15 is 0 Å². The van der Waals surface area contributed by atoms with Crippen molar-refractivity contribution in [3.63, 3.8) is 0 Å². The van der Waals surface area contributed by atoms with Gasteiger partial charge in [0.1, 0.15) is 0 Å². The number of aromatic nitrogens is 1. The number of likely N-dealkylation sites (tertiary alicyclic amines) is 1. The molecular formula is C27H36ClN5O3S33. The minimum atomic E-state index is -0.376. The van der Waals surface area contributed by atoms with E-state index in [0.717, 1.165) is 43.6 Å². The Morgan fingerprint density at radius 1 is 0.652 bits per heavy atom. The van der Waals surface area contributed by atoms with E-state index in [2.05, 4.69) is 28.1 Å². The molecule has 1 unspecified atom stereocenters. The van der Waals surface area contributed by atoms with Crippen molar-refractivity contribution in [2.24, 2.45) is 11.7 Å². The molecule has 69 heavy (non-hydrogen) atoms. The zero-order valence-electron chi connectivity index (χ0n) is 34.4. The molecule has 392 valence electrons. The zero-order chi connectivity index (χ0) is 49.4. The molecule has 42 heteroatoms. The number of rotatable bonds is 8. The first-order valence-electron chi connectivity index (χ1n) is 18.0. The summed E-state index contributed by atoms with van der Waals surface area (Å²) in [6.45, 7) is 3.99. The molecule has 2 aromatic rings. The Hall–Kier alpha value is 4.58. The lowest BCUT2D eigenvalue weighted by molar-refractivity contribution is -0.138. The molecule has 0 spiro atoms. The largest absolute Gasteiger partial charge is 0.385 e.